The molecular formula is C12H8F3NO3S2. The lowest BCUT2D eigenvalue weighted by molar-refractivity contribution is -0.138. The molecule has 0 aliphatic carbocycles. The number of benzene rings is 1. The first-order chi connectivity index (χ1) is 9.68. The second kappa shape index (κ2) is 5.57. The number of carboxylic acids is 1. The van der Waals surface area contributed by atoms with E-state index in [9.17, 15) is 23.1 Å². The highest BCUT2D eigenvalue weighted by Gasteiger charge is 2.31. The number of halogens is 3. The number of fused-ring (bicyclic) bond motifs is 1. The Kier molecular flexibility index (Phi) is 4.15. The van der Waals surface area contributed by atoms with Gasteiger partial charge in [0.05, 0.1) is 28.1 Å². The van der Waals surface area contributed by atoms with E-state index in [1.165, 1.54) is 6.07 Å². The van der Waals surface area contributed by atoms with Crippen molar-refractivity contribution < 1.29 is 28.2 Å². The fourth-order valence-corrected chi connectivity index (χ4v) is 3.05. The van der Waals surface area contributed by atoms with Crippen LogP contribution in [-0.2, 0) is 11.0 Å². The summed E-state index contributed by atoms with van der Waals surface area (Å²) in [4.78, 5) is 14.7. The molecule has 0 fully saturated rings. The normalized spacial score (nSPS) is 13.3. The monoisotopic (exact) mass is 335 g/mol. The van der Waals surface area contributed by atoms with Crippen molar-refractivity contribution in [2.24, 2.45) is 0 Å². The predicted octanol–water partition coefficient (Wildman–Crippen LogP) is 3.76. The van der Waals surface area contributed by atoms with Crippen LogP contribution in [0.25, 0.3) is 10.2 Å². The third-order valence-corrected chi connectivity index (χ3v) is 4.14. The van der Waals surface area contributed by atoms with Crippen LogP contribution >= 0.6 is 23.6 Å². The van der Waals surface area contributed by atoms with Crippen molar-refractivity contribution in [2.45, 2.75) is 18.5 Å². The Morgan fingerprint density at radius 2 is 2.05 bits per heavy atom. The molecule has 0 spiro atoms. The summed E-state index contributed by atoms with van der Waals surface area (Å²) in [6.07, 6.45) is -4.95. The third-order valence-electron chi connectivity index (χ3n) is 2.71. The zero-order valence-electron chi connectivity index (χ0n) is 10.2. The maximum Gasteiger partial charge on any atom is 0.416 e. The van der Waals surface area contributed by atoms with E-state index in [4.69, 9.17) is 5.11 Å². The summed E-state index contributed by atoms with van der Waals surface area (Å²) in [5.74, 6) is -2.20. The Labute approximate surface area is 125 Å². The van der Waals surface area contributed by atoms with Gasteiger partial charge in [-0.05, 0) is 30.4 Å². The minimum absolute atomic E-state index is 0.0939. The van der Waals surface area contributed by atoms with E-state index in [0.717, 1.165) is 23.5 Å². The molecule has 0 radical (unpaired) electrons. The van der Waals surface area contributed by atoms with Crippen molar-refractivity contribution >= 4 is 44.8 Å². The van der Waals surface area contributed by atoms with E-state index in [1.807, 2.05) is 0 Å². The van der Waals surface area contributed by atoms with Crippen LogP contribution in [0.5, 0.6) is 0 Å². The van der Waals surface area contributed by atoms with E-state index < -0.39 is 35.1 Å². The first-order valence-corrected chi connectivity index (χ1v) is 6.83. The van der Waals surface area contributed by atoms with E-state index in [2.05, 4.69) is 17.2 Å². The van der Waals surface area contributed by atoms with Gasteiger partial charge in [0.25, 0.3) is 0 Å². The van der Waals surface area contributed by atoms with Gasteiger partial charge in [0, 0.05) is 0 Å². The molecule has 2 N–H and O–H groups in total. The molecule has 9 heteroatoms. The molecule has 1 unspecified atom stereocenters. The maximum atomic E-state index is 12.6. The molecule has 2 rings (SSSR count). The van der Waals surface area contributed by atoms with E-state index in [-0.39, 0.29) is 10.5 Å². The van der Waals surface area contributed by atoms with E-state index >= 15 is 0 Å². The summed E-state index contributed by atoms with van der Waals surface area (Å²) < 4.78 is 38.3. The van der Waals surface area contributed by atoms with Crippen LogP contribution in [0.3, 0.4) is 0 Å². The average Bonchev–Trinajstić information content (AvgIpc) is 2.76. The van der Waals surface area contributed by atoms with Crippen molar-refractivity contribution in [1.29, 1.82) is 0 Å². The number of rotatable bonds is 4. The molecule has 0 aliphatic rings. The summed E-state index contributed by atoms with van der Waals surface area (Å²) in [7, 11) is 0. The van der Waals surface area contributed by atoms with Gasteiger partial charge in [-0.3, -0.25) is 4.79 Å². The van der Waals surface area contributed by atoms with Gasteiger partial charge in [-0.15, -0.1) is 11.3 Å². The number of aliphatic hydroxyl groups excluding tert-OH is 1. The van der Waals surface area contributed by atoms with Crippen molar-refractivity contribution in [3.63, 3.8) is 0 Å². The smallest absolute Gasteiger partial charge is 0.416 e. The fourth-order valence-electron chi connectivity index (χ4n) is 1.73. The van der Waals surface area contributed by atoms with Gasteiger partial charge in [-0.2, -0.15) is 13.2 Å². The van der Waals surface area contributed by atoms with Crippen LogP contribution in [0.4, 0.5) is 13.2 Å². The Balaban J connectivity index is 2.46. The molecule has 0 saturated heterocycles. The third kappa shape index (κ3) is 3.48. The number of nitrogens with zero attached hydrogens (tertiary/aromatic N) is 1. The molecule has 0 bridgehead atoms. The van der Waals surface area contributed by atoms with E-state index in [1.54, 1.807) is 0 Å². The largest absolute Gasteiger partial charge is 0.501 e. The van der Waals surface area contributed by atoms with Gasteiger partial charge >= 0.3 is 12.1 Å². The number of carboxylic acid groups (broad SMARTS) is 1. The lowest BCUT2D eigenvalue weighted by Crippen LogP contribution is -2.14. The fraction of sp³-hybridized carbons (Fsp3) is 0.250. The maximum absolute atomic E-state index is 12.6. The zero-order chi connectivity index (χ0) is 15.8. The van der Waals surface area contributed by atoms with Crippen LogP contribution in [0.2, 0.25) is 0 Å². The van der Waals surface area contributed by atoms with Gasteiger partial charge in [-0.1, -0.05) is 0 Å². The number of hydrogen-bond donors (Lipinski definition) is 2. The molecule has 2 aromatic rings. The van der Waals surface area contributed by atoms with E-state index in [0.29, 0.717) is 4.70 Å². The topological polar surface area (TPSA) is 70.4 Å². The predicted molar refractivity (Wildman–Crippen MR) is 74.8 cm³/mol. The number of hydrogen-bond acceptors (Lipinski definition) is 4. The Morgan fingerprint density at radius 3 is 2.57 bits per heavy atom. The van der Waals surface area contributed by atoms with Crippen LogP contribution in [0.15, 0.2) is 18.2 Å². The molecule has 4 nitrogen and oxygen atoms in total. The van der Waals surface area contributed by atoms with Crippen molar-refractivity contribution in [3.8, 4) is 0 Å². The summed E-state index contributed by atoms with van der Waals surface area (Å²) in [6.45, 7) is 0. The molecule has 112 valence electrons. The summed E-state index contributed by atoms with van der Waals surface area (Å²) in [6, 6.07) is 3.07. The number of aliphatic hydroxyl groups is 1. The molecule has 0 saturated carbocycles. The highest BCUT2D eigenvalue weighted by molar-refractivity contribution is 7.80. The van der Waals surface area contributed by atoms with Gasteiger partial charge in [-0.25, -0.2) is 4.98 Å². The van der Waals surface area contributed by atoms with Crippen LogP contribution < -0.4 is 0 Å². The molecule has 1 aromatic heterocycles. The quantitative estimate of drug-likeness (QED) is 0.833. The first-order valence-electron chi connectivity index (χ1n) is 5.61. The number of alkyl halides is 3. The molecule has 1 heterocycles. The van der Waals surface area contributed by atoms with Crippen molar-refractivity contribution in [3.05, 3.63) is 28.8 Å². The van der Waals surface area contributed by atoms with Crippen LogP contribution in [0.1, 0.15) is 22.9 Å². The first kappa shape index (κ1) is 15.6. The number of thiocarbonyl (C=S) groups is 1. The van der Waals surface area contributed by atoms with Crippen LogP contribution in [0, 0.1) is 0 Å². The lowest BCUT2D eigenvalue weighted by atomic mass is 10.1. The summed E-state index contributed by atoms with van der Waals surface area (Å²) >= 11 is 5.59. The second-order valence-corrected chi connectivity index (χ2v) is 5.70. The van der Waals surface area contributed by atoms with Gasteiger partial charge in [0.15, 0.2) is 5.05 Å². The minimum Gasteiger partial charge on any atom is -0.501 e. The highest BCUT2D eigenvalue weighted by Crippen LogP contribution is 2.35. The molecular weight excluding hydrogens is 327 g/mol. The Hall–Kier alpha value is -1.74. The molecule has 1 aromatic carbocycles. The van der Waals surface area contributed by atoms with Crippen molar-refractivity contribution in [1.82, 2.24) is 4.98 Å². The highest BCUT2D eigenvalue weighted by atomic mass is 32.1. The van der Waals surface area contributed by atoms with Crippen LogP contribution in [-0.4, -0.2) is 26.2 Å². The summed E-state index contributed by atoms with van der Waals surface area (Å²) in [5, 5.41) is 17.8. The van der Waals surface area contributed by atoms with Gasteiger partial charge in [0.1, 0.15) is 5.01 Å². The molecule has 1 atom stereocenters. The SMILES string of the molecule is O=C(O)CC(C(O)=S)c1nc2cc(C(F)(F)F)ccc2s1. The average molecular weight is 335 g/mol. The standard InChI is InChI=1S/C12H8F3NO3S2/c13-12(14,15)5-1-2-8-7(3-5)16-10(21-8)6(11(19)20)4-9(17)18/h1-3,6H,4H2,(H,17,18)(H,19,20). The lowest BCUT2D eigenvalue weighted by Gasteiger charge is -2.07. The number of carbonyl (C=O) groups is 1. The molecule has 21 heavy (non-hydrogen) atoms. The second-order valence-electron chi connectivity index (χ2n) is 4.22. The molecule has 0 aliphatic heterocycles. The minimum atomic E-state index is -4.48. The van der Waals surface area contributed by atoms with Gasteiger partial charge in [0.2, 0.25) is 0 Å². The Bertz CT molecular complexity index is 711. The Morgan fingerprint density at radius 1 is 1.38 bits per heavy atom. The van der Waals surface area contributed by atoms with Crippen molar-refractivity contribution in [2.75, 3.05) is 0 Å². The number of thiazole rings is 1. The molecule has 0 amide bonds. The van der Waals surface area contributed by atoms with Gasteiger partial charge < -0.3 is 10.2 Å². The zero-order valence-corrected chi connectivity index (χ0v) is 11.8. The number of aliphatic carboxylic acids is 1. The summed E-state index contributed by atoms with van der Waals surface area (Å²) in [5.41, 5.74) is -0.746. The number of aromatic nitrogens is 1.